The maximum atomic E-state index is 11.7. The lowest BCUT2D eigenvalue weighted by molar-refractivity contribution is -0.134. The molecule has 0 bridgehead atoms. The smallest absolute Gasteiger partial charge is 0.239 e. The maximum absolute atomic E-state index is 11.7. The highest BCUT2D eigenvalue weighted by Crippen LogP contribution is 2.12. The summed E-state index contributed by atoms with van der Waals surface area (Å²) in [7, 11) is 0. The Morgan fingerprint density at radius 1 is 1.50 bits per heavy atom. The molecule has 1 atom stereocenters. The number of nitrogens with two attached hydrogens (primary N) is 1. The van der Waals surface area contributed by atoms with Crippen molar-refractivity contribution in [1.82, 2.24) is 14.8 Å². The topological polar surface area (TPSA) is 62.5 Å². The van der Waals surface area contributed by atoms with Gasteiger partial charge in [0.2, 0.25) is 5.91 Å². The van der Waals surface area contributed by atoms with E-state index in [1.165, 1.54) is 0 Å². The van der Waals surface area contributed by atoms with Crippen LogP contribution in [0.2, 0.25) is 0 Å². The Morgan fingerprint density at radius 3 is 2.67 bits per heavy atom. The summed E-state index contributed by atoms with van der Waals surface area (Å²) in [5.74, 6) is 0.0548. The van der Waals surface area contributed by atoms with E-state index < -0.39 is 6.04 Å². The Morgan fingerprint density at radius 2 is 2.17 bits per heavy atom. The summed E-state index contributed by atoms with van der Waals surface area (Å²) in [6.45, 7) is 7.97. The van der Waals surface area contributed by atoms with Crippen molar-refractivity contribution in [1.29, 1.82) is 0 Å². The molecule has 2 heterocycles. The number of rotatable bonds is 3. The summed E-state index contributed by atoms with van der Waals surface area (Å²) in [4.78, 5) is 20.4. The normalized spacial score (nSPS) is 18.9. The van der Waals surface area contributed by atoms with Gasteiger partial charge in [-0.2, -0.15) is 0 Å². The van der Waals surface area contributed by atoms with Gasteiger partial charge in [0.05, 0.1) is 16.7 Å². The molecule has 18 heavy (non-hydrogen) atoms. The molecule has 1 fully saturated rings. The minimum absolute atomic E-state index is 0.0548. The number of thiazole rings is 1. The van der Waals surface area contributed by atoms with Crippen LogP contribution in [-0.4, -0.2) is 52.9 Å². The lowest BCUT2D eigenvalue weighted by Gasteiger charge is -2.35. The minimum Gasteiger partial charge on any atom is -0.339 e. The van der Waals surface area contributed by atoms with Gasteiger partial charge in [0.25, 0.3) is 0 Å². The van der Waals surface area contributed by atoms with Gasteiger partial charge in [-0.3, -0.25) is 9.69 Å². The number of piperazine rings is 1. The van der Waals surface area contributed by atoms with Crippen molar-refractivity contribution in [3.63, 3.8) is 0 Å². The fraction of sp³-hybridized carbons (Fsp3) is 0.667. The molecule has 5 nitrogen and oxygen atoms in total. The number of aromatic nitrogens is 1. The summed E-state index contributed by atoms with van der Waals surface area (Å²) in [5, 5.41) is 3.21. The van der Waals surface area contributed by atoms with Crippen LogP contribution in [0.4, 0.5) is 0 Å². The van der Waals surface area contributed by atoms with Crippen LogP contribution in [0.25, 0.3) is 0 Å². The second-order valence-electron chi connectivity index (χ2n) is 4.75. The van der Waals surface area contributed by atoms with Gasteiger partial charge in [0.15, 0.2) is 0 Å². The molecule has 6 heteroatoms. The lowest BCUT2D eigenvalue weighted by Crippen LogP contribution is -2.52. The minimum atomic E-state index is -0.391. The third kappa shape index (κ3) is 3.28. The monoisotopic (exact) mass is 268 g/mol. The van der Waals surface area contributed by atoms with E-state index in [0.717, 1.165) is 43.4 Å². The van der Waals surface area contributed by atoms with Crippen LogP contribution in [-0.2, 0) is 11.3 Å². The Bertz CT molecular complexity index is 410. The van der Waals surface area contributed by atoms with Gasteiger partial charge in [0.1, 0.15) is 0 Å². The molecule has 0 unspecified atom stereocenters. The molecule has 2 N–H and O–H groups in total. The average molecular weight is 268 g/mol. The molecule has 1 amide bonds. The Labute approximate surface area is 112 Å². The third-order valence-electron chi connectivity index (χ3n) is 3.13. The molecule has 0 aliphatic carbocycles. The summed E-state index contributed by atoms with van der Waals surface area (Å²) in [6.07, 6.45) is 0. The molecule has 0 radical (unpaired) electrons. The van der Waals surface area contributed by atoms with Crippen LogP contribution >= 0.6 is 11.3 Å². The molecule has 1 aliphatic heterocycles. The van der Waals surface area contributed by atoms with E-state index in [-0.39, 0.29) is 5.91 Å². The fourth-order valence-electron chi connectivity index (χ4n) is 2.12. The molecule has 0 spiro atoms. The predicted octanol–water partition coefficient (Wildman–Crippen LogP) is 0.443. The van der Waals surface area contributed by atoms with E-state index in [1.807, 2.05) is 11.8 Å². The molecule has 1 aromatic rings. The molecule has 0 aromatic carbocycles. The largest absolute Gasteiger partial charge is 0.339 e. The Kier molecular flexibility index (Phi) is 4.31. The highest BCUT2D eigenvalue weighted by atomic mass is 32.1. The van der Waals surface area contributed by atoms with E-state index in [4.69, 9.17) is 5.73 Å². The van der Waals surface area contributed by atoms with Gasteiger partial charge in [0, 0.05) is 38.1 Å². The van der Waals surface area contributed by atoms with Crippen LogP contribution in [0.15, 0.2) is 5.38 Å². The van der Waals surface area contributed by atoms with Crippen LogP contribution in [0.5, 0.6) is 0 Å². The number of carbonyl (C=O) groups is 1. The fourth-order valence-corrected chi connectivity index (χ4v) is 2.73. The summed E-state index contributed by atoms with van der Waals surface area (Å²) < 4.78 is 0. The van der Waals surface area contributed by atoms with Crippen molar-refractivity contribution in [2.75, 3.05) is 26.2 Å². The molecule has 1 saturated heterocycles. The van der Waals surface area contributed by atoms with E-state index in [0.29, 0.717) is 0 Å². The number of aryl methyl sites for hydroxylation is 1. The molecule has 100 valence electrons. The highest BCUT2D eigenvalue weighted by molar-refractivity contribution is 7.09. The first kappa shape index (κ1) is 13.5. The quantitative estimate of drug-likeness (QED) is 0.864. The number of amides is 1. The van der Waals surface area contributed by atoms with Crippen LogP contribution < -0.4 is 5.73 Å². The van der Waals surface area contributed by atoms with Crippen molar-refractivity contribution >= 4 is 17.2 Å². The molecule has 1 aromatic heterocycles. The van der Waals surface area contributed by atoms with E-state index in [1.54, 1.807) is 18.3 Å². The first-order chi connectivity index (χ1) is 8.56. The number of hydrogen-bond acceptors (Lipinski definition) is 5. The molecular formula is C12H20N4OS. The predicted molar refractivity (Wildman–Crippen MR) is 72.4 cm³/mol. The van der Waals surface area contributed by atoms with Gasteiger partial charge in [-0.15, -0.1) is 11.3 Å². The maximum Gasteiger partial charge on any atom is 0.239 e. The first-order valence-electron chi connectivity index (χ1n) is 6.24. The summed E-state index contributed by atoms with van der Waals surface area (Å²) in [6, 6.07) is -0.391. The van der Waals surface area contributed by atoms with Crippen molar-refractivity contribution in [2.24, 2.45) is 5.73 Å². The number of carbonyl (C=O) groups excluding carboxylic acids is 1. The van der Waals surface area contributed by atoms with Gasteiger partial charge in [-0.25, -0.2) is 4.98 Å². The van der Waals surface area contributed by atoms with Crippen LogP contribution in [0, 0.1) is 6.92 Å². The zero-order chi connectivity index (χ0) is 13.1. The second kappa shape index (κ2) is 5.77. The molecule has 2 rings (SSSR count). The molecule has 1 aliphatic rings. The van der Waals surface area contributed by atoms with Crippen LogP contribution in [0.3, 0.4) is 0 Å². The van der Waals surface area contributed by atoms with Gasteiger partial charge < -0.3 is 10.6 Å². The molecule has 0 saturated carbocycles. The van der Waals surface area contributed by atoms with Crippen LogP contribution in [0.1, 0.15) is 17.6 Å². The second-order valence-corrected chi connectivity index (χ2v) is 5.81. The molecular weight excluding hydrogens is 248 g/mol. The van der Waals surface area contributed by atoms with E-state index >= 15 is 0 Å². The number of nitrogens with zero attached hydrogens (tertiary/aromatic N) is 3. The summed E-state index contributed by atoms with van der Waals surface area (Å²) in [5.41, 5.74) is 6.74. The Hall–Kier alpha value is -0.980. The standard InChI is InChI=1S/C12H20N4OS/c1-9(13)12(17)16-5-3-15(4-6-16)7-11-8-18-10(2)14-11/h8-9H,3-7,13H2,1-2H3/t9-/m0/s1. The van der Waals surface area contributed by atoms with Gasteiger partial charge >= 0.3 is 0 Å². The highest BCUT2D eigenvalue weighted by Gasteiger charge is 2.23. The van der Waals surface area contributed by atoms with E-state index in [9.17, 15) is 4.79 Å². The first-order valence-corrected chi connectivity index (χ1v) is 7.12. The van der Waals surface area contributed by atoms with Crippen molar-refractivity contribution < 1.29 is 4.79 Å². The van der Waals surface area contributed by atoms with E-state index in [2.05, 4.69) is 15.3 Å². The summed E-state index contributed by atoms with van der Waals surface area (Å²) >= 11 is 1.68. The van der Waals surface area contributed by atoms with Crippen molar-refractivity contribution in [2.45, 2.75) is 26.4 Å². The zero-order valence-corrected chi connectivity index (χ0v) is 11.7. The third-order valence-corrected chi connectivity index (χ3v) is 3.95. The SMILES string of the molecule is Cc1nc(CN2CCN(C(=O)[C@H](C)N)CC2)cs1. The van der Waals surface area contributed by atoms with Crippen molar-refractivity contribution in [3.05, 3.63) is 16.1 Å². The lowest BCUT2D eigenvalue weighted by atomic mass is 10.2. The van der Waals surface area contributed by atoms with Gasteiger partial charge in [-0.1, -0.05) is 0 Å². The zero-order valence-electron chi connectivity index (χ0n) is 10.9. The number of hydrogen-bond donors (Lipinski definition) is 1. The average Bonchev–Trinajstić information content (AvgIpc) is 2.75. The Balaban J connectivity index is 1.82. The van der Waals surface area contributed by atoms with Crippen molar-refractivity contribution in [3.8, 4) is 0 Å². The van der Waals surface area contributed by atoms with Gasteiger partial charge in [-0.05, 0) is 13.8 Å².